The van der Waals surface area contributed by atoms with Gasteiger partial charge in [-0.3, -0.25) is 14.5 Å². The first-order valence-electron chi connectivity index (χ1n) is 7.57. The number of aromatic amines is 1. The van der Waals surface area contributed by atoms with E-state index in [-0.39, 0.29) is 12.6 Å². The number of carbonyl (C=O) groups is 2. The molecule has 8 heteroatoms. The number of benzene rings is 1. The van der Waals surface area contributed by atoms with E-state index >= 15 is 0 Å². The highest BCUT2D eigenvalue weighted by Gasteiger charge is 2.23. The van der Waals surface area contributed by atoms with Crippen molar-refractivity contribution in [1.82, 2.24) is 15.2 Å². The van der Waals surface area contributed by atoms with Crippen LogP contribution in [0.3, 0.4) is 0 Å². The number of halogens is 1. The molecule has 2 aromatic rings. The van der Waals surface area contributed by atoms with E-state index in [2.05, 4.69) is 16.9 Å². The number of aromatic nitrogens is 1. The quantitative estimate of drug-likeness (QED) is 0.709. The first kappa shape index (κ1) is 16.7. The molecule has 0 fully saturated rings. The number of nitrogens with two attached hydrogens (primary N) is 1. The monoisotopic (exact) mass is 344 g/mol. The molecule has 0 saturated carbocycles. The summed E-state index contributed by atoms with van der Waals surface area (Å²) in [5, 5.41) is 3.20. The number of carbonyl (C=O) groups excluding carboxylic acids is 2. The predicted molar refractivity (Wildman–Crippen MR) is 89.2 cm³/mol. The molecule has 0 saturated heterocycles. The van der Waals surface area contributed by atoms with Crippen molar-refractivity contribution in [3.63, 3.8) is 0 Å². The van der Waals surface area contributed by atoms with Crippen LogP contribution in [-0.4, -0.2) is 34.5 Å². The summed E-state index contributed by atoms with van der Waals surface area (Å²) in [6, 6.07) is 6.81. The van der Waals surface area contributed by atoms with Gasteiger partial charge in [-0.05, 0) is 11.6 Å². The number of H-pyrrole nitrogens is 1. The molecule has 7 nitrogen and oxygen atoms in total. The third-order valence-electron chi connectivity index (χ3n) is 3.85. The second-order valence-corrected chi connectivity index (χ2v) is 5.61. The zero-order valence-corrected chi connectivity index (χ0v) is 13.3. The lowest BCUT2D eigenvalue weighted by Gasteiger charge is -2.26. The minimum atomic E-state index is -0.994. The Bertz CT molecular complexity index is 874. The topological polar surface area (TPSA) is 100 Å². The first-order chi connectivity index (χ1) is 12.0. The molecule has 25 heavy (non-hydrogen) atoms. The van der Waals surface area contributed by atoms with Gasteiger partial charge in [0.2, 0.25) is 5.83 Å². The lowest BCUT2D eigenvalue weighted by Crippen LogP contribution is -2.41. The average molecular weight is 344 g/mol. The van der Waals surface area contributed by atoms with Crippen molar-refractivity contribution in [2.24, 2.45) is 5.73 Å². The number of amides is 1. The van der Waals surface area contributed by atoms with Crippen molar-refractivity contribution < 1.29 is 18.7 Å². The van der Waals surface area contributed by atoms with Crippen LogP contribution in [0.2, 0.25) is 0 Å². The molecule has 0 spiro atoms. The third-order valence-corrected chi connectivity index (χ3v) is 3.85. The highest BCUT2D eigenvalue weighted by molar-refractivity contribution is 5.93. The Labute approximate surface area is 142 Å². The Morgan fingerprint density at radius 3 is 2.96 bits per heavy atom. The zero-order valence-electron chi connectivity index (χ0n) is 13.3. The molecule has 0 aliphatic carbocycles. The van der Waals surface area contributed by atoms with Crippen molar-refractivity contribution in [3.8, 4) is 0 Å². The van der Waals surface area contributed by atoms with Gasteiger partial charge in [0.15, 0.2) is 6.73 Å². The maximum absolute atomic E-state index is 13.3. The molecule has 1 aromatic heterocycles. The Morgan fingerprint density at radius 2 is 2.16 bits per heavy atom. The second kappa shape index (κ2) is 6.78. The molecule has 1 aliphatic rings. The summed E-state index contributed by atoms with van der Waals surface area (Å²) in [4.78, 5) is 27.5. The highest BCUT2D eigenvalue weighted by Crippen LogP contribution is 2.19. The third kappa shape index (κ3) is 3.53. The molecule has 0 radical (unpaired) electrons. The van der Waals surface area contributed by atoms with E-state index in [1.165, 1.54) is 4.90 Å². The number of hydrogen-bond acceptors (Lipinski definition) is 5. The summed E-state index contributed by atoms with van der Waals surface area (Å²) in [5.74, 6) is -2.40. The van der Waals surface area contributed by atoms with Gasteiger partial charge in [-0.1, -0.05) is 24.8 Å². The number of fused-ring (bicyclic) bond motifs is 1. The van der Waals surface area contributed by atoms with Crippen LogP contribution in [-0.2, 0) is 20.7 Å². The van der Waals surface area contributed by atoms with Gasteiger partial charge in [0.1, 0.15) is 11.9 Å². The van der Waals surface area contributed by atoms with Crippen molar-refractivity contribution in [2.45, 2.75) is 12.5 Å². The van der Waals surface area contributed by atoms with Crippen molar-refractivity contribution in [2.75, 3.05) is 6.73 Å². The SMILES string of the molecule is C=C1NC(=O)C(F)=CN1COC(=O)C(N)Cc1c[nH]c2ccccc12. The molecule has 1 amide bonds. The van der Waals surface area contributed by atoms with Crippen molar-refractivity contribution in [3.05, 3.63) is 60.5 Å². The van der Waals surface area contributed by atoms with Gasteiger partial charge in [-0.15, -0.1) is 0 Å². The Hall–Kier alpha value is -3.13. The largest absolute Gasteiger partial charge is 0.443 e. The number of nitrogens with zero attached hydrogens (tertiary/aromatic N) is 1. The molecule has 130 valence electrons. The van der Waals surface area contributed by atoms with Gasteiger partial charge >= 0.3 is 5.97 Å². The predicted octanol–water partition coefficient (Wildman–Crippen LogP) is 1.25. The fourth-order valence-corrected chi connectivity index (χ4v) is 2.51. The molecule has 1 unspecified atom stereocenters. The van der Waals surface area contributed by atoms with E-state index < -0.39 is 23.7 Å². The number of rotatable bonds is 5. The molecular weight excluding hydrogens is 327 g/mol. The van der Waals surface area contributed by atoms with E-state index in [9.17, 15) is 14.0 Å². The molecule has 2 heterocycles. The van der Waals surface area contributed by atoms with E-state index in [4.69, 9.17) is 10.5 Å². The van der Waals surface area contributed by atoms with Gasteiger partial charge < -0.3 is 20.8 Å². The van der Waals surface area contributed by atoms with E-state index in [0.717, 1.165) is 22.7 Å². The van der Waals surface area contributed by atoms with Gasteiger partial charge in [0, 0.05) is 23.5 Å². The Balaban J connectivity index is 1.60. The van der Waals surface area contributed by atoms with Crippen LogP contribution < -0.4 is 11.1 Å². The van der Waals surface area contributed by atoms with Gasteiger partial charge in [0.05, 0.1) is 6.20 Å². The second-order valence-electron chi connectivity index (χ2n) is 5.61. The Kier molecular flexibility index (Phi) is 4.53. The molecule has 3 rings (SSSR count). The lowest BCUT2D eigenvalue weighted by atomic mass is 10.1. The zero-order chi connectivity index (χ0) is 18.0. The van der Waals surface area contributed by atoms with Crippen LogP contribution >= 0.6 is 0 Å². The van der Waals surface area contributed by atoms with Crippen molar-refractivity contribution in [1.29, 1.82) is 0 Å². The molecule has 0 bridgehead atoms. The normalized spacial score (nSPS) is 15.8. The standard InChI is InChI=1S/C17H17FN4O3/c1-10-21-16(23)13(18)8-22(10)9-25-17(24)14(19)6-11-7-20-15-5-3-2-4-12(11)15/h2-5,7-8,14,20H,1,6,9,19H2,(H,21,23). The van der Waals surface area contributed by atoms with Gasteiger partial charge in [-0.2, -0.15) is 4.39 Å². The number of nitrogens with one attached hydrogen (secondary N) is 2. The average Bonchev–Trinajstić information content (AvgIpc) is 2.99. The fraction of sp³-hybridized carbons (Fsp3) is 0.176. The lowest BCUT2D eigenvalue weighted by molar-refractivity contribution is -0.148. The summed E-state index contributed by atoms with van der Waals surface area (Å²) in [7, 11) is 0. The smallest absolute Gasteiger partial charge is 0.324 e. The summed E-state index contributed by atoms with van der Waals surface area (Å²) >= 11 is 0. The molecule has 1 aliphatic heterocycles. The Morgan fingerprint density at radius 1 is 1.40 bits per heavy atom. The van der Waals surface area contributed by atoms with Crippen molar-refractivity contribution >= 4 is 22.8 Å². The summed E-state index contributed by atoms with van der Waals surface area (Å²) in [6.07, 6.45) is 3.02. The van der Waals surface area contributed by atoms with E-state index in [1.807, 2.05) is 24.3 Å². The maximum Gasteiger partial charge on any atom is 0.324 e. The molecule has 1 atom stereocenters. The maximum atomic E-state index is 13.3. The number of ether oxygens (including phenoxy) is 1. The molecule has 4 N–H and O–H groups in total. The number of esters is 1. The van der Waals surface area contributed by atoms with E-state index in [0.29, 0.717) is 6.42 Å². The summed E-state index contributed by atoms with van der Waals surface area (Å²) < 4.78 is 18.4. The van der Waals surface area contributed by atoms with Crippen LogP contribution in [0.15, 0.2) is 54.9 Å². The summed E-state index contributed by atoms with van der Waals surface area (Å²) in [6.45, 7) is 3.26. The van der Waals surface area contributed by atoms with Crippen LogP contribution in [0.1, 0.15) is 5.56 Å². The number of hydrogen-bond donors (Lipinski definition) is 3. The summed E-state index contributed by atoms with van der Waals surface area (Å²) in [5.41, 5.74) is 7.77. The van der Waals surface area contributed by atoms with Crippen LogP contribution in [0.5, 0.6) is 0 Å². The van der Waals surface area contributed by atoms with Crippen LogP contribution in [0, 0.1) is 0 Å². The number of para-hydroxylation sites is 1. The minimum absolute atomic E-state index is 0.115. The van der Waals surface area contributed by atoms with E-state index in [1.54, 1.807) is 6.20 Å². The molecule has 1 aromatic carbocycles. The van der Waals surface area contributed by atoms with Gasteiger partial charge in [-0.25, -0.2) is 0 Å². The minimum Gasteiger partial charge on any atom is -0.443 e. The van der Waals surface area contributed by atoms with Crippen LogP contribution in [0.4, 0.5) is 4.39 Å². The van der Waals surface area contributed by atoms with Crippen LogP contribution in [0.25, 0.3) is 10.9 Å². The first-order valence-corrected chi connectivity index (χ1v) is 7.57. The highest BCUT2D eigenvalue weighted by atomic mass is 19.1. The fourth-order valence-electron chi connectivity index (χ4n) is 2.51. The molecular formula is C17H17FN4O3. The van der Waals surface area contributed by atoms with Gasteiger partial charge in [0.25, 0.3) is 5.91 Å².